The molecule has 2 aliphatic heterocycles. The van der Waals surface area contributed by atoms with E-state index in [1.807, 2.05) is 30.3 Å². The van der Waals surface area contributed by atoms with Crippen LogP contribution in [0.3, 0.4) is 0 Å². The van der Waals surface area contributed by atoms with Gasteiger partial charge in [0.05, 0.1) is 6.04 Å². The summed E-state index contributed by atoms with van der Waals surface area (Å²) in [5, 5.41) is 0. The number of hydrogen-bond acceptors (Lipinski definition) is 5. The maximum Gasteiger partial charge on any atom is 0.306 e. The van der Waals surface area contributed by atoms with E-state index in [2.05, 4.69) is 12.1 Å². The molecule has 1 amide bonds. The number of hydrogen-bond donors (Lipinski definition) is 0. The van der Waals surface area contributed by atoms with E-state index in [1.165, 1.54) is 12.1 Å². The number of cyclic esters (lactones) is 1. The Hall–Kier alpha value is -4.00. The van der Waals surface area contributed by atoms with E-state index >= 15 is 0 Å². The Morgan fingerprint density at radius 2 is 1.59 bits per heavy atom. The molecule has 190 valence electrons. The number of likely N-dealkylation sites (tertiary alicyclic amines) is 1. The highest BCUT2D eigenvalue weighted by Crippen LogP contribution is 2.31. The standard InChI is InChI=1S/C30H28FNO5/c31-23-8-12-25(13-9-23)36-24-10-6-21(7-11-24)18-27(33)26-17-22(16-20-4-2-1-3-5-20)19-32(26)30(35)28-14-15-29(34)37-28/h1-13,22,26,28H,14-19H2/t22-,26+,28+/m1/s1. The van der Waals surface area contributed by atoms with Gasteiger partial charge in [-0.1, -0.05) is 42.5 Å². The average molecular weight is 502 g/mol. The lowest BCUT2D eigenvalue weighted by Gasteiger charge is -2.26. The molecular weight excluding hydrogens is 473 g/mol. The Morgan fingerprint density at radius 3 is 2.24 bits per heavy atom. The van der Waals surface area contributed by atoms with E-state index in [-0.39, 0.29) is 42.2 Å². The van der Waals surface area contributed by atoms with Gasteiger partial charge in [0.25, 0.3) is 5.91 Å². The predicted octanol–water partition coefficient (Wildman–Crippen LogP) is 4.90. The zero-order valence-electron chi connectivity index (χ0n) is 20.3. The third-order valence-corrected chi connectivity index (χ3v) is 6.92. The van der Waals surface area contributed by atoms with Gasteiger partial charge in [-0.25, -0.2) is 4.39 Å². The topological polar surface area (TPSA) is 72.9 Å². The van der Waals surface area contributed by atoms with Crippen LogP contribution in [-0.4, -0.2) is 41.3 Å². The van der Waals surface area contributed by atoms with Crippen molar-refractivity contribution in [3.63, 3.8) is 0 Å². The van der Waals surface area contributed by atoms with Crippen molar-refractivity contribution in [3.05, 3.63) is 95.8 Å². The van der Waals surface area contributed by atoms with Crippen molar-refractivity contribution in [2.24, 2.45) is 5.92 Å². The van der Waals surface area contributed by atoms with Gasteiger partial charge in [0.2, 0.25) is 0 Å². The molecule has 0 aliphatic carbocycles. The van der Waals surface area contributed by atoms with E-state index in [4.69, 9.17) is 9.47 Å². The summed E-state index contributed by atoms with van der Waals surface area (Å²) in [6, 6.07) is 22.4. The third-order valence-electron chi connectivity index (χ3n) is 6.92. The second-order valence-corrected chi connectivity index (χ2v) is 9.66. The van der Waals surface area contributed by atoms with Crippen molar-refractivity contribution in [1.29, 1.82) is 0 Å². The Kier molecular flexibility index (Phi) is 7.30. The van der Waals surface area contributed by atoms with Gasteiger partial charge in [0, 0.05) is 25.8 Å². The van der Waals surface area contributed by atoms with Gasteiger partial charge in [0.15, 0.2) is 11.9 Å². The minimum absolute atomic E-state index is 0.0413. The molecule has 0 aromatic heterocycles. The van der Waals surface area contributed by atoms with E-state index < -0.39 is 12.1 Å². The fraction of sp³-hybridized carbons (Fsp3) is 0.300. The number of benzene rings is 3. The molecule has 2 saturated heterocycles. The van der Waals surface area contributed by atoms with Crippen LogP contribution in [0, 0.1) is 11.7 Å². The molecule has 0 bridgehead atoms. The molecule has 0 saturated carbocycles. The smallest absolute Gasteiger partial charge is 0.306 e. The second kappa shape index (κ2) is 10.9. The van der Waals surface area contributed by atoms with E-state index in [1.54, 1.807) is 29.2 Å². The lowest BCUT2D eigenvalue weighted by molar-refractivity contribution is -0.154. The minimum Gasteiger partial charge on any atom is -0.457 e. The molecule has 3 aromatic rings. The SMILES string of the molecule is O=C1CC[C@@H](C(=O)N2C[C@H](Cc3ccccc3)C[C@H]2C(=O)Cc2ccc(Oc3ccc(F)cc3)cc2)O1. The number of amides is 1. The van der Waals surface area contributed by atoms with Crippen LogP contribution in [-0.2, 0) is 32.0 Å². The first-order valence-electron chi connectivity index (χ1n) is 12.5. The fourth-order valence-electron chi connectivity index (χ4n) is 5.08. The molecule has 0 radical (unpaired) electrons. The average Bonchev–Trinajstić information content (AvgIpc) is 3.53. The summed E-state index contributed by atoms with van der Waals surface area (Å²) in [7, 11) is 0. The Bertz CT molecular complexity index is 1260. The number of carbonyl (C=O) groups is 3. The zero-order chi connectivity index (χ0) is 25.8. The van der Waals surface area contributed by atoms with Gasteiger partial charge in [0.1, 0.15) is 17.3 Å². The first kappa shape index (κ1) is 24.7. The number of ketones is 1. The summed E-state index contributed by atoms with van der Waals surface area (Å²) in [6.45, 7) is 0.461. The molecule has 0 spiro atoms. The highest BCUT2D eigenvalue weighted by molar-refractivity contribution is 5.93. The number of ether oxygens (including phenoxy) is 2. The number of nitrogens with zero attached hydrogens (tertiary/aromatic N) is 1. The third kappa shape index (κ3) is 6.05. The van der Waals surface area contributed by atoms with Gasteiger partial charge in [-0.15, -0.1) is 0 Å². The number of carbonyl (C=O) groups excluding carboxylic acids is 3. The summed E-state index contributed by atoms with van der Waals surface area (Å²) in [4.78, 5) is 39.9. The highest BCUT2D eigenvalue weighted by atomic mass is 19.1. The molecule has 0 N–H and O–H groups in total. The molecule has 2 fully saturated rings. The number of rotatable bonds is 8. The van der Waals surface area contributed by atoms with Gasteiger partial charge in [-0.3, -0.25) is 14.4 Å². The van der Waals surface area contributed by atoms with Crippen LogP contribution in [0.15, 0.2) is 78.9 Å². The van der Waals surface area contributed by atoms with Gasteiger partial charge in [-0.05, 0) is 66.3 Å². The lowest BCUT2D eigenvalue weighted by atomic mass is 9.94. The van der Waals surface area contributed by atoms with Gasteiger partial charge in [-0.2, -0.15) is 0 Å². The predicted molar refractivity (Wildman–Crippen MR) is 134 cm³/mol. The minimum atomic E-state index is -0.804. The number of halogens is 1. The van der Waals surface area contributed by atoms with Crippen LogP contribution in [0.5, 0.6) is 11.5 Å². The van der Waals surface area contributed by atoms with E-state index in [0.29, 0.717) is 30.9 Å². The largest absolute Gasteiger partial charge is 0.457 e. The van der Waals surface area contributed by atoms with Crippen molar-refractivity contribution < 1.29 is 28.2 Å². The van der Waals surface area contributed by atoms with Crippen LogP contribution in [0.2, 0.25) is 0 Å². The molecule has 2 heterocycles. The van der Waals surface area contributed by atoms with Crippen LogP contribution in [0.1, 0.15) is 30.4 Å². The van der Waals surface area contributed by atoms with Crippen molar-refractivity contribution in [2.75, 3.05) is 6.54 Å². The molecule has 6 nitrogen and oxygen atoms in total. The van der Waals surface area contributed by atoms with Crippen LogP contribution in [0.25, 0.3) is 0 Å². The van der Waals surface area contributed by atoms with E-state index in [9.17, 15) is 18.8 Å². The first-order chi connectivity index (χ1) is 17.9. The van der Waals surface area contributed by atoms with Crippen LogP contribution < -0.4 is 4.74 Å². The summed E-state index contributed by atoms with van der Waals surface area (Å²) in [6.07, 6.45) is 1.30. The number of Topliss-reactive ketones (excluding diaryl/α,β-unsaturated/α-hetero) is 1. The summed E-state index contributed by atoms with van der Waals surface area (Å²) >= 11 is 0. The molecule has 3 atom stereocenters. The summed E-state index contributed by atoms with van der Waals surface area (Å²) in [5.41, 5.74) is 1.97. The number of esters is 1. The Balaban J connectivity index is 1.27. The second-order valence-electron chi connectivity index (χ2n) is 9.66. The summed E-state index contributed by atoms with van der Waals surface area (Å²) in [5.74, 6) is 0.211. The van der Waals surface area contributed by atoms with Gasteiger partial charge >= 0.3 is 5.97 Å². The quantitative estimate of drug-likeness (QED) is 0.411. The Morgan fingerprint density at radius 1 is 0.919 bits per heavy atom. The molecule has 2 aliphatic rings. The van der Waals surface area contributed by atoms with Crippen molar-refractivity contribution in [2.45, 2.75) is 44.2 Å². The van der Waals surface area contributed by atoms with Gasteiger partial charge < -0.3 is 14.4 Å². The van der Waals surface area contributed by atoms with E-state index in [0.717, 1.165) is 17.5 Å². The van der Waals surface area contributed by atoms with Crippen LogP contribution >= 0.6 is 0 Å². The normalized spacial score (nSPS) is 21.1. The van der Waals surface area contributed by atoms with Crippen molar-refractivity contribution in [3.8, 4) is 11.5 Å². The van der Waals surface area contributed by atoms with Crippen molar-refractivity contribution >= 4 is 17.7 Å². The maximum absolute atomic E-state index is 13.4. The van der Waals surface area contributed by atoms with Crippen LogP contribution in [0.4, 0.5) is 4.39 Å². The summed E-state index contributed by atoms with van der Waals surface area (Å²) < 4.78 is 24.1. The lowest BCUT2D eigenvalue weighted by Crippen LogP contribution is -2.46. The van der Waals surface area contributed by atoms with Crippen molar-refractivity contribution in [1.82, 2.24) is 4.90 Å². The highest BCUT2D eigenvalue weighted by Gasteiger charge is 2.43. The molecule has 37 heavy (non-hydrogen) atoms. The maximum atomic E-state index is 13.4. The molecule has 7 heteroatoms. The molecule has 0 unspecified atom stereocenters. The first-order valence-corrected chi connectivity index (χ1v) is 12.5. The molecule has 3 aromatic carbocycles. The monoisotopic (exact) mass is 501 g/mol. The molecule has 5 rings (SSSR count). The zero-order valence-corrected chi connectivity index (χ0v) is 20.3. The Labute approximate surface area is 215 Å². The fourth-order valence-corrected chi connectivity index (χ4v) is 5.08. The molecular formula is C30H28FNO5.